The van der Waals surface area contributed by atoms with Crippen LogP contribution in [-0.2, 0) is 30.2 Å². The van der Waals surface area contributed by atoms with Crippen LogP contribution in [0.4, 0.5) is 5.69 Å². The summed E-state index contributed by atoms with van der Waals surface area (Å²) in [6.07, 6.45) is 4.95. The van der Waals surface area contributed by atoms with Crippen LogP contribution in [0.25, 0.3) is 6.08 Å². The van der Waals surface area contributed by atoms with Gasteiger partial charge in [0.2, 0.25) is 6.29 Å². The number of aliphatic hydroxyl groups excluding tert-OH is 4. The number of esters is 2. The molecule has 11 rings (SSSR count). The fourth-order valence-corrected chi connectivity index (χ4v) is 14.3. The number of rotatable bonds is 13. The Labute approximate surface area is 435 Å². The fourth-order valence-electron chi connectivity index (χ4n) is 12.7. The van der Waals surface area contributed by atoms with Crippen molar-refractivity contribution >= 4 is 41.2 Å². The number of methoxy groups -OCH3 is 1. The van der Waals surface area contributed by atoms with Crippen LogP contribution < -0.4 is 24.3 Å². The molecule has 5 heterocycles. The number of nitrogens with one attached hydrogen (secondary N) is 1. The van der Waals surface area contributed by atoms with Gasteiger partial charge in [0.15, 0.2) is 22.7 Å². The number of para-hydroxylation sites is 1. The molecule has 8 unspecified atom stereocenters. The van der Waals surface area contributed by atoms with Crippen LogP contribution in [0.5, 0.6) is 23.0 Å². The number of aliphatic hydroxyl groups is 4. The first-order valence-electron chi connectivity index (χ1n) is 25.6. The van der Waals surface area contributed by atoms with Crippen LogP contribution in [-0.4, -0.2) is 110 Å². The van der Waals surface area contributed by atoms with Gasteiger partial charge in [0.25, 0.3) is 0 Å². The Hall–Kier alpha value is -5.46. The van der Waals surface area contributed by atoms with Crippen molar-refractivity contribution in [2.45, 2.75) is 157 Å². The van der Waals surface area contributed by atoms with Crippen molar-refractivity contribution in [3.63, 3.8) is 0 Å². The van der Waals surface area contributed by atoms with E-state index in [1.165, 1.54) is 36.9 Å². The highest BCUT2D eigenvalue weighted by molar-refractivity contribution is 8.00. The minimum atomic E-state index is -1.64. The van der Waals surface area contributed by atoms with Gasteiger partial charge in [-0.25, -0.2) is 9.59 Å². The van der Waals surface area contributed by atoms with Crippen LogP contribution in [0, 0.1) is 17.8 Å². The number of ether oxygens (including phenoxy) is 7. The molecule has 5 fully saturated rings. The number of hydrogen-bond acceptors (Lipinski definition) is 16. The Morgan fingerprint density at radius 1 is 0.905 bits per heavy atom. The highest BCUT2D eigenvalue weighted by atomic mass is 32.2. The molecular formula is C58H67NO14S. The van der Waals surface area contributed by atoms with Crippen LogP contribution in [0.1, 0.15) is 114 Å². The molecule has 3 saturated carbocycles. The van der Waals surface area contributed by atoms with Crippen LogP contribution in [0.15, 0.2) is 94.4 Å². The molecule has 16 heteroatoms. The number of Topliss-reactive ketones (excluding diaryl/α,β-unsaturated/α-hetero) is 1. The molecule has 0 radical (unpaired) electrons. The third kappa shape index (κ3) is 8.39. The Morgan fingerprint density at radius 2 is 1.64 bits per heavy atom. The predicted molar refractivity (Wildman–Crippen MR) is 276 cm³/mol. The number of carbonyl (C=O) groups is 3. The second-order valence-corrected chi connectivity index (χ2v) is 23.3. The molecular weight excluding hydrogens is 967 g/mol. The van der Waals surface area contributed by atoms with Gasteiger partial charge in [-0.15, -0.1) is 11.8 Å². The van der Waals surface area contributed by atoms with E-state index in [4.69, 9.17) is 33.2 Å². The number of hydrogen-bond donors (Lipinski definition) is 5. The summed E-state index contributed by atoms with van der Waals surface area (Å²) in [5.41, 5.74) is 0.966. The SMILES string of the molecule is COC(=O)/C(C)=C\CC12OC(C)(C)C3CC(C1=O)C1Sc4ccccc4NC4c5c(OC(=O)c6ccc(O[C@@H]7O[C@H](CO)[C@@H](O)[C@H](O)[C@H]7O)cc6)c6c(c(CC=C(C)C)c5OC32C41)OC(C)(CCC=C(C)C)C=C6. The number of ketones is 1. The van der Waals surface area contributed by atoms with Gasteiger partial charge in [0.1, 0.15) is 47.3 Å². The van der Waals surface area contributed by atoms with Crippen molar-refractivity contribution in [3.8, 4) is 23.0 Å². The van der Waals surface area contributed by atoms with E-state index in [1.807, 2.05) is 65.0 Å². The minimum absolute atomic E-state index is 0.0555. The van der Waals surface area contributed by atoms with E-state index in [1.54, 1.807) is 24.8 Å². The van der Waals surface area contributed by atoms with E-state index < -0.39 is 89.5 Å². The zero-order valence-electron chi connectivity index (χ0n) is 43.3. The first-order valence-corrected chi connectivity index (χ1v) is 26.4. The van der Waals surface area contributed by atoms with Gasteiger partial charge in [0, 0.05) is 51.1 Å². The second-order valence-electron chi connectivity index (χ2n) is 22.1. The number of fused-ring (bicyclic) bond motifs is 4. The monoisotopic (exact) mass is 1030 g/mol. The van der Waals surface area contributed by atoms with Gasteiger partial charge in [0.05, 0.1) is 42.0 Å². The van der Waals surface area contributed by atoms with Crippen molar-refractivity contribution in [2.75, 3.05) is 19.0 Å². The van der Waals surface area contributed by atoms with Gasteiger partial charge in [-0.3, -0.25) is 4.79 Å². The number of benzene rings is 3. The van der Waals surface area contributed by atoms with Crippen LogP contribution in [0.2, 0.25) is 0 Å². The van der Waals surface area contributed by atoms with Gasteiger partial charge in [-0.2, -0.15) is 0 Å². The van der Waals surface area contributed by atoms with E-state index in [0.29, 0.717) is 47.5 Å². The lowest BCUT2D eigenvalue weighted by Crippen LogP contribution is -2.79. The summed E-state index contributed by atoms with van der Waals surface area (Å²) in [4.78, 5) is 44.7. The molecule has 74 heavy (non-hydrogen) atoms. The number of anilines is 1. The summed E-state index contributed by atoms with van der Waals surface area (Å²) in [5.74, 6) is -1.19. The summed E-state index contributed by atoms with van der Waals surface area (Å²) in [7, 11) is 1.33. The van der Waals surface area contributed by atoms with E-state index in [0.717, 1.165) is 28.1 Å². The predicted octanol–water partition coefficient (Wildman–Crippen LogP) is 8.15. The minimum Gasteiger partial charge on any atom is -0.482 e. The molecule has 0 amide bonds. The average Bonchev–Trinajstić information content (AvgIpc) is 3.64. The quantitative estimate of drug-likeness (QED) is 0.0474. The maximum atomic E-state index is 15.8. The molecule has 5 aliphatic heterocycles. The van der Waals surface area contributed by atoms with Gasteiger partial charge in [-0.1, -0.05) is 41.5 Å². The maximum absolute atomic E-state index is 15.8. The summed E-state index contributed by atoms with van der Waals surface area (Å²) in [6.45, 7) is 15.3. The number of allylic oxidation sites excluding steroid dienone is 4. The summed E-state index contributed by atoms with van der Waals surface area (Å²) in [5, 5.41) is 44.8. The lowest BCUT2D eigenvalue weighted by atomic mass is 9.45. The van der Waals surface area contributed by atoms with E-state index >= 15 is 4.79 Å². The van der Waals surface area contributed by atoms with E-state index in [2.05, 4.69) is 37.4 Å². The maximum Gasteiger partial charge on any atom is 0.343 e. The smallest absolute Gasteiger partial charge is 0.343 e. The largest absolute Gasteiger partial charge is 0.482 e. The highest BCUT2D eigenvalue weighted by Crippen LogP contribution is 2.75. The van der Waals surface area contributed by atoms with Crippen molar-refractivity contribution in [1.29, 1.82) is 0 Å². The lowest BCUT2D eigenvalue weighted by Gasteiger charge is -2.65. The molecule has 3 aromatic rings. The van der Waals surface area contributed by atoms with Gasteiger partial charge in [-0.05, 0) is 130 Å². The van der Waals surface area contributed by atoms with Gasteiger partial charge >= 0.3 is 11.9 Å². The molecule has 3 aliphatic carbocycles. The summed E-state index contributed by atoms with van der Waals surface area (Å²) >= 11 is 1.66. The van der Waals surface area contributed by atoms with Crippen molar-refractivity contribution < 1.29 is 68.0 Å². The molecule has 5 N–H and O–H groups in total. The molecule has 1 spiro atoms. The molecule has 394 valence electrons. The normalized spacial score (nSPS) is 33.5. The van der Waals surface area contributed by atoms with Crippen molar-refractivity contribution in [1.82, 2.24) is 0 Å². The summed E-state index contributed by atoms with van der Waals surface area (Å²) < 4.78 is 45.9. The molecule has 13 atom stereocenters. The molecule has 8 aliphatic rings. The standard InChI is InChI=1S/C58H67NO14S/c1-29(2)13-12-24-56(8)25-23-35-47(71-56)34(21-16-30(3)4)49-41(48(35)70-53(66)32-17-19-33(20-18-32)68-54-46(63)45(62)44(61)38(28-60)69-54)43-42-50(74-39-15-11-10-14-37(39)59-43)36-27-40-55(6,7)73-57(51(36)64,58(40,42)72-49)26-22-31(5)52(65)67-9/h10-11,13-20,22-23,25,36,38,40,42-46,50,54,59-63H,12,21,24,26-28H2,1-9H3/b31-22-/t36?,38-,40?,42?,43?,44-,45+,46-,50?,54-,56?,57?,58?/m1/s1. The third-order valence-corrected chi connectivity index (χ3v) is 17.8. The van der Waals surface area contributed by atoms with Gasteiger partial charge < -0.3 is 58.9 Å². The van der Waals surface area contributed by atoms with Crippen molar-refractivity contribution in [2.24, 2.45) is 17.8 Å². The van der Waals surface area contributed by atoms with Crippen LogP contribution in [0.3, 0.4) is 0 Å². The van der Waals surface area contributed by atoms with Crippen molar-refractivity contribution in [3.05, 3.63) is 112 Å². The highest BCUT2D eigenvalue weighted by Gasteiger charge is 2.85. The van der Waals surface area contributed by atoms with E-state index in [-0.39, 0.29) is 40.4 Å². The Bertz CT molecular complexity index is 2880. The molecule has 2 saturated heterocycles. The topological polar surface area (TPSA) is 209 Å². The Kier molecular flexibility index (Phi) is 13.5. The molecule has 4 bridgehead atoms. The molecule has 0 aromatic heterocycles. The zero-order chi connectivity index (χ0) is 52.8. The van der Waals surface area contributed by atoms with Crippen LogP contribution >= 0.6 is 11.8 Å². The second kappa shape index (κ2) is 19.3. The van der Waals surface area contributed by atoms with E-state index in [9.17, 15) is 30.0 Å². The number of carbonyl (C=O) groups excluding carboxylic acids is 3. The Morgan fingerprint density at radius 3 is 2.34 bits per heavy atom. The first kappa shape index (κ1) is 52.0. The number of thioether (sulfide) groups is 1. The third-order valence-electron chi connectivity index (χ3n) is 16.3. The first-order chi connectivity index (χ1) is 35.2. The average molecular weight is 1030 g/mol. The molecule has 15 nitrogen and oxygen atoms in total. The Balaban J connectivity index is 1.17. The lowest BCUT2D eigenvalue weighted by molar-refractivity contribution is -0.277. The zero-order valence-corrected chi connectivity index (χ0v) is 44.1. The molecule has 3 aromatic carbocycles. The summed E-state index contributed by atoms with van der Waals surface area (Å²) in [6, 6.07) is 13.4. The fraction of sp³-hybridized carbons (Fsp3) is 0.500.